The Morgan fingerprint density at radius 3 is 3.12 bits per heavy atom. The quantitative estimate of drug-likeness (QED) is 0.796. The average Bonchev–Trinajstić information content (AvgIpc) is 2.71. The minimum Gasteiger partial charge on any atom is -0.367 e. The molecule has 0 spiro atoms. The molecule has 1 atom stereocenters. The monoisotopic (exact) mass is 216 g/mol. The molecule has 1 aliphatic rings. The Balaban J connectivity index is 2.26. The Morgan fingerprint density at radius 2 is 2.44 bits per heavy atom. The van der Waals surface area contributed by atoms with Gasteiger partial charge in [0.25, 0.3) is 0 Å². The van der Waals surface area contributed by atoms with Crippen LogP contribution in [0.15, 0.2) is 6.07 Å². The van der Waals surface area contributed by atoms with Gasteiger partial charge in [-0.3, -0.25) is 0 Å². The molecule has 1 aliphatic carbocycles. The SMILES string of the molecule is CC(N)CNc1nc2c(cc1C#N)CCC2. The fourth-order valence-corrected chi connectivity index (χ4v) is 1.95. The normalized spacial score (nSPS) is 15.3. The van der Waals surface area contributed by atoms with E-state index in [1.807, 2.05) is 13.0 Å². The molecular formula is C12H16N4. The molecule has 0 aromatic carbocycles. The molecule has 0 saturated heterocycles. The van der Waals surface area contributed by atoms with Gasteiger partial charge < -0.3 is 11.1 Å². The van der Waals surface area contributed by atoms with E-state index < -0.39 is 0 Å². The van der Waals surface area contributed by atoms with Crippen LogP contribution in [0.25, 0.3) is 0 Å². The number of nitrogens with zero attached hydrogens (tertiary/aromatic N) is 2. The molecular weight excluding hydrogens is 200 g/mol. The van der Waals surface area contributed by atoms with E-state index in [4.69, 9.17) is 11.0 Å². The number of hydrogen-bond acceptors (Lipinski definition) is 4. The van der Waals surface area contributed by atoms with Gasteiger partial charge in [-0.05, 0) is 37.8 Å². The highest BCUT2D eigenvalue weighted by atomic mass is 15.0. The summed E-state index contributed by atoms with van der Waals surface area (Å²) in [4.78, 5) is 4.51. The fourth-order valence-electron chi connectivity index (χ4n) is 1.95. The number of aromatic nitrogens is 1. The lowest BCUT2D eigenvalue weighted by molar-refractivity contribution is 0.776. The summed E-state index contributed by atoms with van der Waals surface area (Å²) in [5, 5.41) is 12.2. The Bertz CT molecular complexity index is 431. The molecule has 0 radical (unpaired) electrons. The number of hydrogen-bond donors (Lipinski definition) is 2. The van der Waals surface area contributed by atoms with Crippen molar-refractivity contribution in [2.75, 3.05) is 11.9 Å². The van der Waals surface area contributed by atoms with Crippen LogP contribution in [0.5, 0.6) is 0 Å². The van der Waals surface area contributed by atoms with Crippen LogP contribution in [0.3, 0.4) is 0 Å². The van der Waals surface area contributed by atoms with Crippen molar-refractivity contribution < 1.29 is 0 Å². The van der Waals surface area contributed by atoms with Gasteiger partial charge in [-0.1, -0.05) is 0 Å². The van der Waals surface area contributed by atoms with E-state index in [0.29, 0.717) is 17.9 Å². The summed E-state index contributed by atoms with van der Waals surface area (Å²) in [5.41, 5.74) is 8.65. The third kappa shape index (κ3) is 2.15. The summed E-state index contributed by atoms with van der Waals surface area (Å²) in [5.74, 6) is 0.681. The first-order valence-electron chi connectivity index (χ1n) is 5.63. The smallest absolute Gasteiger partial charge is 0.144 e. The van der Waals surface area contributed by atoms with Gasteiger partial charge in [0.2, 0.25) is 0 Å². The Morgan fingerprint density at radius 1 is 1.62 bits per heavy atom. The van der Waals surface area contributed by atoms with E-state index in [0.717, 1.165) is 25.0 Å². The molecule has 1 heterocycles. The van der Waals surface area contributed by atoms with Crippen LogP contribution in [0.1, 0.15) is 30.2 Å². The molecule has 0 bridgehead atoms. The third-order valence-corrected chi connectivity index (χ3v) is 2.76. The molecule has 2 rings (SSSR count). The maximum Gasteiger partial charge on any atom is 0.144 e. The van der Waals surface area contributed by atoms with Crippen molar-refractivity contribution in [2.45, 2.75) is 32.2 Å². The Hall–Kier alpha value is -1.60. The number of rotatable bonds is 3. The third-order valence-electron chi connectivity index (χ3n) is 2.76. The lowest BCUT2D eigenvalue weighted by atomic mass is 10.1. The number of nitrogens with two attached hydrogens (primary N) is 1. The molecule has 16 heavy (non-hydrogen) atoms. The van der Waals surface area contributed by atoms with Crippen LogP contribution in [0.2, 0.25) is 0 Å². The van der Waals surface area contributed by atoms with Gasteiger partial charge in [0.15, 0.2) is 0 Å². The van der Waals surface area contributed by atoms with Crippen molar-refractivity contribution in [3.05, 3.63) is 22.9 Å². The minimum atomic E-state index is 0.0570. The highest BCUT2D eigenvalue weighted by molar-refractivity contribution is 5.55. The van der Waals surface area contributed by atoms with Crippen molar-refractivity contribution in [3.63, 3.8) is 0 Å². The van der Waals surface area contributed by atoms with Gasteiger partial charge in [0.1, 0.15) is 11.9 Å². The predicted molar refractivity (Wildman–Crippen MR) is 63.1 cm³/mol. The zero-order chi connectivity index (χ0) is 11.5. The second-order valence-corrected chi connectivity index (χ2v) is 4.31. The average molecular weight is 216 g/mol. The first-order valence-corrected chi connectivity index (χ1v) is 5.63. The molecule has 0 aliphatic heterocycles. The summed E-state index contributed by atoms with van der Waals surface area (Å²) in [6, 6.07) is 4.20. The molecule has 0 fully saturated rings. The summed E-state index contributed by atoms with van der Waals surface area (Å²) in [6.07, 6.45) is 3.21. The number of nitrogens with one attached hydrogen (secondary N) is 1. The van der Waals surface area contributed by atoms with Crippen LogP contribution in [-0.4, -0.2) is 17.6 Å². The van der Waals surface area contributed by atoms with Crippen LogP contribution in [0.4, 0.5) is 5.82 Å². The topological polar surface area (TPSA) is 74.7 Å². The fraction of sp³-hybridized carbons (Fsp3) is 0.500. The predicted octanol–water partition coefficient (Wildman–Crippen LogP) is 1.20. The summed E-state index contributed by atoms with van der Waals surface area (Å²) < 4.78 is 0. The van der Waals surface area contributed by atoms with E-state index in [9.17, 15) is 0 Å². The van der Waals surface area contributed by atoms with Crippen LogP contribution in [0, 0.1) is 11.3 Å². The minimum absolute atomic E-state index is 0.0570. The van der Waals surface area contributed by atoms with Gasteiger partial charge in [0.05, 0.1) is 5.56 Å². The molecule has 0 saturated carbocycles. The standard InChI is InChI=1S/C12H16N4/c1-8(14)7-15-12-10(6-13)5-9-3-2-4-11(9)16-12/h5,8H,2-4,7,14H2,1H3,(H,15,16). The molecule has 3 N–H and O–H groups in total. The number of aryl methyl sites for hydroxylation is 2. The first kappa shape index (κ1) is 10.9. The van der Waals surface area contributed by atoms with Gasteiger partial charge in [-0.25, -0.2) is 4.98 Å². The number of nitriles is 1. The number of anilines is 1. The van der Waals surface area contributed by atoms with Gasteiger partial charge in [-0.15, -0.1) is 0 Å². The van der Waals surface area contributed by atoms with Crippen LogP contribution in [-0.2, 0) is 12.8 Å². The van der Waals surface area contributed by atoms with E-state index in [2.05, 4.69) is 16.4 Å². The van der Waals surface area contributed by atoms with E-state index in [1.54, 1.807) is 0 Å². The summed E-state index contributed by atoms with van der Waals surface area (Å²) in [6.45, 7) is 2.56. The molecule has 4 nitrogen and oxygen atoms in total. The van der Waals surface area contributed by atoms with Gasteiger partial charge >= 0.3 is 0 Å². The molecule has 1 aromatic heterocycles. The summed E-state index contributed by atoms with van der Waals surface area (Å²) in [7, 11) is 0. The summed E-state index contributed by atoms with van der Waals surface area (Å²) >= 11 is 0. The second-order valence-electron chi connectivity index (χ2n) is 4.31. The highest BCUT2D eigenvalue weighted by Gasteiger charge is 2.16. The Kier molecular flexibility index (Phi) is 3.07. The van der Waals surface area contributed by atoms with Crippen LogP contribution >= 0.6 is 0 Å². The number of pyridine rings is 1. The van der Waals surface area contributed by atoms with E-state index >= 15 is 0 Å². The highest BCUT2D eigenvalue weighted by Crippen LogP contribution is 2.24. The van der Waals surface area contributed by atoms with E-state index in [1.165, 1.54) is 5.56 Å². The maximum atomic E-state index is 9.05. The Labute approximate surface area is 95.5 Å². The van der Waals surface area contributed by atoms with Crippen molar-refractivity contribution in [1.29, 1.82) is 5.26 Å². The molecule has 1 unspecified atom stereocenters. The van der Waals surface area contributed by atoms with Gasteiger partial charge in [0, 0.05) is 18.3 Å². The van der Waals surface area contributed by atoms with E-state index in [-0.39, 0.29) is 6.04 Å². The molecule has 1 aromatic rings. The molecule has 84 valence electrons. The zero-order valence-electron chi connectivity index (χ0n) is 9.45. The second kappa shape index (κ2) is 4.50. The number of fused-ring (bicyclic) bond motifs is 1. The largest absolute Gasteiger partial charge is 0.367 e. The van der Waals surface area contributed by atoms with Crippen molar-refractivity contribution in [2.24, 2.45) is 5.73 Å². The van der Waals surface area contributed by atoms with Crippen molar-refractivity contribution in [3.8, 4) is 6.07 Å². The van der Waals surface area contributed by atoms with Crippen molar-refractivity contribution >= 4 is 5.82 Å². The van der Waals surface area contributed by atoms with Crippen LogP contribution < -0.4 is 11.1 Å². The zero-order valence-corrected chi connectivity index (χ0v) is 9.45. The maximum absolute atomic E-state index is 9.05. The first-order chi connectivity index (χ1) is 7.70. The van der Waals surface area contributed by atoms with Gasteiger partial charge in [-0.2, -0.15) is 5.26 Å². The molecule has 0 amide bonds. The molecule has 4 heteroatoms. The lowest BCUT2D eigenvalue weighted by Gasteiger charge is -2.11. The van der Waals surface area contributed by atoms with Crippen molar-refractivity contribution in [1.82, 2.24) is 4.98 Å². The lowest BCUT2D eigenvalue weighted by Crippen LogP contribution is -2.26.